The number of hydrogen-bond donors (Lipinski definition) is 1. The van der Waals surface area contributed by atoms with Crippen LogP contribution < -0.4 is 9.04 Å². The monoisotopic (exact) mass is 431 g/mol. The van der Waals surface area contributed by atoms with E-state index < -0.39 is 21.8 Å². The van der Waals surface area contributed by atoms with Crippen molar-refractivity contribution in [1.29, 1.82) is 0 Å². The van der Waals surface area contributed by atoms with E-state index in [2.05, 4.69) is 15.9 Å². The number of carboxylic acids is 1. The Kier molecular flexibility index (Phi) is 5.69. The van der Waals surface area contributed by atoms with Gasteiger partial charge in [0, 0.05) is 11.5 Å². The number of carboxylic acid groups (broad SMARTS) is 1. The van der Waals surface area contributed by atoms with Crippen molar-refractivity contribution in [2.75, 3.05) is 18.5 Å². The summed E-state index contributed by atoms with van der Waals surface area (Å²) in [7, 11) is -1.66. The predicted octanol–water partition coefficient (Wildman–Crippen LogP) is 3.05. The van der Waals surface area contributed by atoms with Gasteiger partial charge >= 0.3 is 5.97 Å². The molecule has 0 aromatic heterocycles. The van der Waals surface area contributed by atoms with E-state index in [1.807, 2.05) is 0 Å². The lowest BCUT2D eigenvalue weighted by Crippen LogP contribution is -2.28. The van der Waals surface area contributed by atoms with Crippen molar-refractivity contribution in [2.45, 2.75) is 11.3 Å². The third-order valence-corrected chi connectivity index (χ3v) is 5.76. The van der Waals surface area contributed by atoms with E-state index in [1.54, 1.807) is 0 Å². The van der Waals surface area contributed by atoms with Crippen LogP contribution in [0.15, 0.2) is 45.8 Å². The largest absolute Gasteiger partial charge is 0.495 e. The van der Waals surface area contributed by atoms with Gasteiger partial charge in [-0.1, -0.05) is 22.0 Å². The van der Waals surface area contributed by atoms with Gasteiger partial charge in [0.25, 0.3) is 10.0 Å². The maximum absolute atomic E-state index is 14.1. The summed E-state index contributed by atoms with van der Waals surface area (Å²) in [6.07, 6.45) is -0.344. The molecule has 25 heavy (non-hydrogen) atoms. The molecule has 6 nitrogen and oxygen atoms in total. The van der Waals surface area contributed by atoms with Crippen LogP contribution in [0, 0.1) is 5.82 Å². The van der Waals surface area contributed by atoms with E-state index in [0.29, 0.717) is 4.47 Å². The second-order valence-electron chi connectivity index (χ2n) is 5.12. The molecule has 0 fully saturated rings. The zero-order chi connectivity index (χ0) is 18.8. The standard InChI is InChI=1S/C16H15BrFNO5S/c1-19(13-5-4-11(17)9-12(13)18)25(22,23)15-7-10(8-16(20)21)3-6-14(15)24-2/h3-7,9H,8H2,1-2H3,(H,20,21). The van der Waals surface area contributed by atoms with Crippen LogP contribution in [0.2, 0.25) is 0 Å². The lowest BCUT2D eigenvalue weighted by molar-refractivity contribution is -0.136. The average Bonchev–Trinajstić information content (AvgIpc) is 2.53. The quantitative estimate of drug-likeness (QED) is 0.759. The third-order valence-electron chi connectivity index (χ3n) is 3.47. The lowest BCUT2D eigenvalue weighted by Gasteiger charge is -2.22. The van der Waals surface area contributed by atoms with E-state index in [0.717, 1.165) is 10.4 Å². The molecule has 9 heteroatoms. The summed E-state index contributed by atoms with van der Waals surface area (Å²) in [5, 5.41) is 8.89. The van der Waals surface area contributed by atoms with E-state index in [-0.39, 0.29) is 28.3 Å². The topological polar surface area (TPSA) is 83.9 Å². The van der Waals surface area contributed by atoms with Crippen LogP contribution >= 0.6 is 15.9 Å². The normalized spacial score (nSPS) is 11.2. The smallest absolute Gasteiger partial charge is 0.307 e. The Balaban J connectivity index is 2.55. The highest BCUT2D eigenvalue weighted by atomic mass is 79.9. The molecule has 0 aliphatic rings. The maximum atomic E-state index is 14.1. The first-order chi connectivity index (χ1) is 11.7. The van der Waals surface area contributed by atoms with Crippen LogP contribution in [-0.4, -0.2) is 33.7 Å². The highest BCUT2D eigenvalue weighted by molar-refractivity contribution is 9.10. The van der Waals surface area contributed by atoms with Crippen molar-refractivity contribution in [3.05, 3.63) is 52.3 Å². The Hall–Kier alpha value is -2.13. The summed E-state index contributed by atoms with van der Waals surface area (Å²) in [4.78, 5) is 10.6. The van der Waals surface area contributed by atoms with Crippen LogP contribution in [-0.2, 0) is 21.2 Å². The van der Waals surface area contributed by atoms with Crippen molar-refractivity contribution in [3.8, 4) is 5.75 Å². The Morgan fingerprint density at radius 2 is 1.96 bits per heavy atom. The Labute approximate surface area is 153 Å². The van der Waals surface area contributed by atoms with Crippen LogP contribution in [0.5, 0.6) is 5.75 Å². The zero-order valence-electron chi connectivity index (χ0n) is 13.4. The van der Waals surface area contributed by atoms with Gasteiger partial charge in [0.2, 0.25) is 0 Å². The van der Waals surface area contributed by atoms with E-state index in [4.69, 9.17) is 9.84 Å². The molecule has 0 atom stereocenters. The van der Waals surface area contributed by atoms with E-state index >= 15 is 0 Å². The Morgan fingerprint density at radius 3 is 2.52 bits per heavy atom. The summed E-state index contributed by atoms with van der Waals surface area (Å²) in [6.45, 7) is 0. The molecule has 0 amide bonds. The summed E-state index contributed by atoms with van der Waals surface area (Å²) >= 11 is 3.11. The van der Waals surface area contributed by atoms with Gasteiger partial charge in [0.1, 0.15) is 16.5 Å². The summed E-state index contributed by atoms with van der Waals surface area (Å²) in [5.74, 6) is -1.78. The summed E-state index contributed by atoms with van der Waals surface area (Å²) in [5.41, 5.74) is 0.144. The molecule has 0 radical (unpaired) electrons. The van der Waals surface area contributed by atoms with Crippen molar-refractivity contribution in [1.82, 2.24) is 0 Å². The van der Waals surface area contributed by atoms with Gasteiger partial charge in [-0.15, -0.1) is 0 Å². The van der Waals surface area contributed by atoms with Crippen molar-refractivity contribution < 1.29 is 27.4 Å². The Morgan fingerprint density at radius 1 is 1.28 bits per heavy atom. The zero-order valence-corrected chi connectivity index (χ0v) is 15.8. The van der Waals surface area contributed by atoms with Gasteiger partial charge in [-0.05, 0) is 35.9 Å². The summed E-state index contributed by atoms with van der Waals surface area (Å²) < 4.78 is 46.3. The first-order valence-electron chi connectivity index (χ1n) is 6.99. The number of rotatable bonds is 6. The fourth-order valence-electron chi connectivity index (χ4n) is 2.22. The van der Waals surface area contributed by atoms with Gasteiger partial charge < -0.3 is 9.84 Å². The third kappa shape index (κ3) is 4.10. The molecular weight excluding hydrogens is 417 g/mol. The van der Waals surface area contributed by atoms with E-state index in [9.17, 15) is 17.6 Å². The number of halogens is 2. The molecule has 2 rings (SSSR count). The average molecular weight is 432 g/mol. The SMILES string of the molecule is COc1ccc(CC(=O)O)cc1S(=O)(=O)N(C)c1ccc(Br)cc1F. The highest BCUT2D eigenvalue weighted by Gasteiger charge is 2.27. The fraction of sp³-hybridized carbons (Fsp3) is 0.188. The number of benzene rings is 2. The van der Waals surface area contributed by atoms with Gasteiger partial charge in [-0.25, -0.2) is 12.8 Å². The molecule has 0 saturated heterocycles. The summed E-state index contributed by atoms with van der Waals surface area (Å²) in [6, 6.07) is 8.05. The predicted molar refractivity (Wildman–Crippen MR) is 94.0 cm³/mol. The lowest BCUT2D eigenvalue weighted by atomic mass is 10.1. The van der Waals surface area contributed by atoms with Gasteiger partial charge in [-0.2, -0.15) is 0 Å². The second kappa shape index (κ2) is 7.40. The maximum Gasteiger partial charge on any atom is 0.307 e. The van der Waals surface area contributed by atoms with Crippen molar-refractivity contribution in [3.63, 3.8) is 0 Å². The highest BCUT2D eigenvalue weighted by Crippen LogP contribution is 2.32. The van der Waals surface area contributed by atoms with Gasteiger partial charge in [0.05, 0.1) is 19.2 Å². The first kappa shape index (κ1) is 19.2. The molecule has 2 aromatic carbocycles. The molecule has 2 aromatic rings. The molecule has 0 spiro atoms. The minimum absolute atomic E-state index is 0.0403. The van der Waals surface area contributed by atoms with Gasteiger partial charge in [-0.3, -0.25) is 9.10 Å². The number of hydrogen-bond acceptors (Lipinski definition) is 4. The van der Waals surface area contributed by atoms with Crippen molar-refractivity contribution in [2.24, 2.45) is 0 Å². The number of methoxy groups -OCH3 is 1. The minimum atomic E-state index is -4.17. The molecule has 0 aliphatic carbocycles. The molecule has 1 N–H and O–H groups in total. The second-order valence-corrected chi connectivity index (χ2v) is 7.98. The van der Waals surface area contributed by atoms with Crippen LogP contribution in [0.1, 0.15) is 5.56 Å². The number of sulfonamides is 1. The number of anilines is 1. The van der Waals surface area contributed by atoms with Gasteiger partial charge in [0.15, 0.2) is 0 Å². The first-order valence-corrected chi connectivity index (χ1v) is 9.23. The van der Waals surface area contributed by atoms with E-state index in [1.165, 1.54) is 44.5 Å². The molecule has 134 valence electrons. The molecular formula is C16H15BrFNO5S. The fourth-order valence-corrected chi connectivity index (χ4v) is 3.96. The van der Waals surface area contributed by atoms with Crippen molar-refractivity contribution >= 4 is 37.6 Å². The number of nitrogens with zero attached hydrogens (tertiary/aromatic N) is 1. The molecule has 0 saturated carbocycles. The minimum Gasteiger partial charge on any atom is -0.495 e. The van der Waals surface area contributed by atoms with Crippen LogP contribution in [0.4, 0.5) is 10.1 Å². The molecule has 0 unspecified atom stereocenters. The molecule has 0 bridgehead atoms. The van der Waals surface area contributed by atoms with Crippen LogP contribution in [0.3, 0.4) is 0 Å². The molecule has 0 heterocycles. The Bertz CT molecular complexity index is 917. The number of aliphatic carboxylic acids is 1. The molecule has 0 aliphatic heterocycles. The number of ether oxygens (including phenoxy) is 1. The number of carbonyl (C=O) groups is 1. The van der Waals surface area contributed by atoms with Crippen LogP contribution in [0.25, 0.3) is 0 Å².